The number of aryl methyl sites for hydroxylation is 2. The topological polar surface area (TPSA) is 26.9 Å². The molecule has 1 aromatic heterocycles. The summed E-state index contributed by atoms with van der Waals surface area (Å²) in [6.45, 7) is 3.91. The highest BCUT2D eigenvalue weighted by Gasteiger charge is 2.10. The fourth-order valence-corrected chi connectivity index (χ4v) is 1.93. The number of aromatic nitrogens is 1. The zero-order valence-corrected chi connectivity index (χ0v) is 8.80. The summed E-state index contributed by atoms with van der Waals surface area (Å²) in [6.07, 6.45) is 1.44. The van der Waals surface area contributed by atoms with E-state index in [0.29, 0.717) is 10.5 Å². The van der Waals surface area contributed by atoms with Gasteiger partial charge in [-0.1, -0.05) is 11.6 Å². The van der Waals surface area contributed by atoms with E-state index in [9.17, 15) is 5.21 Å². The minimum absolute atomic E-state index is 0.624. The first-order valence-corrected chi connectivity index (χ1v) is 4.76. The van der Waals surface area contributed by atoms with Gasteiger partial charge in [-0.15, -0.1) is 0 Å². The molecule has 0 N–H and O–H groups in total. The third-order valence-corrected chi connectivity index (χ3v) is 2.61. The number of nitrogens with zero attached hydrogens (tertiary/aromatic N) is 1. The second-order valence-electron chi connectivity index (χ2n) is 3.47. The Kier molecular flexibility index (Phi) is 2.08. The molecule has 1 heterocycles. The number of hydrogen-bond donors (Lipinski definition) is 0. The van der Waals surface area contributed by atoms with Crippen LogP contribution in [0.3, 0.4) is 0 Å². The average molecular weight is 208 g/mol. The molecule has 1 aromatic carbocycles. The fourth-order valence-electron chi connectivity index (χ4n) is 1.73. The second-order valence-corrected chi connectivity index (χ2v) is 3.87. The summed E-state index contributed by atoms with van der Waals surface area (Å²) in [5.41, 5.74) is 2.73. The van der Waals surface area contributed by atoms with E-state index in [1.54, 1.807) is 6.07 Å². The van der Waals surface area contributed by atoms with Crippen molar-refractivity contribution in [3.05, 3.63) is 45.8 Å². The summed E-state index contributed by atoms with van der Waals surface area (Å²) in [7, 11) is 0. The Labute approximate surface area is 87.3 Å². The van der Waals surface area contributed by atoms with Crippen LogP contribution in [0.4, 0.5) is 0 Å². The highest BCUT2D eigenvalue weighted by atomic mass is 35.5. The van der Waals surface area contributed by atoms with Crippen molar-refractivity contribution < 1.29 is 4.73 Å². The lowest BCUT2D eigenvalue weighted by atomic mass is 10.1. The molecule has 0 amide bonds. The van der Waals surface area contributed by atoms with Gasteiger partial charge in [-0.25, -0.2) is 0 Å². The van der Waals surface area contributed by atoms with Crippen LogP contribution in [0, 0.1) is 19.1 Å². The van der Waals surface area contributed by atoms with Crippen molar-refractivity contribution in [2.24, 2.45) is 0 Å². The third kappa shape index (κ3) is 1.32. The summed E-state index contributed by atoms with van der Waals surface area (Å²) < 4.78 is 0.857. The van der Waals surface area contributed by atoms with Crippen molar-refractivity contribution in [3.8, 4) is 0 Å². The van der Waals surface area contributed by atoms with E-state index in [-0.39, 0.29) is 0 Å². The van der Waals surface area contributed by atoms with Crippen LogP contribution in [-0.4, -0.2) is 0 Å². The van der Waals surface area contributed by atoms with Crippen molar-refractivity contribution in [2.45, 2.75) is 13.8 Å². The molecule has 0 fully saturated rings. The maximum atomic E-state index is 11.5. The van der Waals surface area contributed by atoms with E-state index in [1.807, 2.05) is 26.0 Å². The van der Waals surface area contributed by atoms with Gasteiger partial charge in [0, 0.05) is 11.6 Å². The molecule has 2 nitrogen and oxygen atoms in total. The molecule has 0 saturated heterocycles. The Balaban J connectivity index is 3.00. The highest BCUT2D eigenvalue weighted by molar-refractivity contribution is 6.35. The molecule has 0 atom stereocenters. The SMILES string of the molecule is Cc1cc(C)c2c(c1)c(Cl)cc[n+]2[O-]. The van der Waals surface area contributed by atoms with Gasteiger partial charge < -0.3 is 5.21 Å². The lowest BCUT2D eigenvalue weighted by molar-refractivity contribution is -0.577. The third-order valence-electron chi connectivity index (χ3n) is 2.28. The van der Waals surface area contributed by atoms with Gasteiger partial charge >= 0.3 is 0 Å². The van der Waals surface area contributed by atoms with Crippen LogP contribution in [0.25, 0.3) is 10.9 Å². The number of halogens is 1. The number of benzene rings is 1. The maximum absolute atomic E-state index is 11.5. The lowest BCUT2D eigenvalue weighted by Crippen LogP contribution is -2.26. The van der Waals surface area contributed by atoms with E-state index in [4.69, 9.17) is 11.6 Å². The van der Waals surface area contributed by atoms with Crippen molar-refractivity contribution in [1.29, 1.82) is 0 Å². The molecule has 0 spiro atoms. The van der Waals surface area contributed by atoms with Crippen LogP contribution in [0.2, 0.25) is 5.02 Å². The molecule has 0 aliphatic carbocycles. The summed E-state index contributed by atoms with van der Waals surface area (Å²) in [5, 5.41) is 13.0. The van der Waals surface area contributed by atoms with Gasteiger partial charge in [-0.3, -0.25) is 0 Å². The average Bonchev–Trinajstić information content (AvgIpc) is 2.10. The Morgan fingerprint density at radius 3 is 2.71 bits per heavy atom. The number of hydrogen-bond acceptors (Lipinski definition) is 1. The highest BCUT2D eigenvalue weighted by Crippen LogP contribution is 2.24. The van der Waals surface area contributed by atoms with Crippen molar-refractivity contribution in [3.63, 3.8) is 0 Å². The van der Waals surface area contributed by atoms with E-state index < -0.39 is 0 Å². The van der Waals surface area contributed by atoms with Crippen molar-refractivity contribution >= 4 is 22.5 Å². The van der Waals surface area contributed by atoms with Crippen LogP contribution in [-0.2, 0) is 0 Å². The normalized spacial score (nSPS) is 10.8. The molecule has 0 unspecified atom stereocenters. The first kappa shape index (κ1) is 9.28. The van der Waals surface area contributed by atoms with Crippen molar-refractivity contribution in [2.75, 3.05) is 0 Å². The fraction of sp³-hybridized carbons (Fsp3) is 0.182. The van der Waals surface area contributed by atoms with Crippen LogP contribution < -0.4 is 4.73 Å². The minimum atomic E-state index is 0.624. The van der Waals surface area contributed by atoms with Gasteiger partial charge in [0.25, 0.3) is 0 Å². The summed E-state index contributed by atoms with van der Waals surface area (Å²) in [4.78, 5) is 0. The monoisotopic (exact) mass is 207 g/mol. The van der Waals surface area contributed by atoms with E-state index in [0.717, 1.165) is 21.2 Å². The van der Waals surface area contributed by atoms with Crippen LogP contribution >= 0.6 is 11.6 Å². The molecule has 0 radical (unpaired) electrons. The molecule has 2 aromatic rings. The van der Waals surface area contributed by atoms with Gasteiger partial charge in [0.1, 0.15) is 0 Å². The standard InChI is InChI=1S/C11H10ClNO/c1-7-5-8(2)11-9(6-7)10(12)3-4-13(11)14/h3-6H,1-2H3. The molecule has 14 heavy (non-hydrogen) atoms. The molecule has 0 saturated carbocycles. The quantitative estimate of drug-likeness (QED) is 0.482. The minimum Gasteiger partial charge on any atom is -0.618 e. The zero-order valence-electron chi connectivity index (χ0n) is 8.04. The molecule has 0 aliphatic rings. The van der Waals surface area contributed by atoms with Crippen molar-refractivity contribution in [1.82, 2.24) is 0 Å². The number of rotatable bonds is 0. The van der Waals surface area contributed by atoms with Gasteiger partial charge in [0.2, 0.25) is 5.52 Å². The molecular formula is C11H10ClNO. The molecule has 0 bridgehead atoms. The maximum Gasteiger partial charge on any atom is 0.228 e. The van der Waals surface area contributed by atoms with E-state index in [1.165, 1.54) is 6.20 Å². The predicted octanol–water partition coefficient (Wildman–Crippen LogP) is 2.74. The largest absolute Gasteiger partial charge is 0.618 e. The van der Waals surface area contributed by atoms with Gasteiger partial charge in [0.05, 0.1) is 10.4 Å². The first-order valence-electron chi connectivity index (χ1n) is 4.38. The van der Waals surface area contributed by atoms with Gasteiger partial charge in [-0.2, -0.15) is 4.73 Å². The predicted molar refractivity (Wildman–Crippen MR) is 57.4 cm³/mol. The Morgan fingerprint density at radius 1 is 1.29 bits per heavy atom. The van der Waals surface area contributed by atoms with Crippen LogP contribution in [0.1, 0.15) is 11.1 Å². The van der Waals surface area contributed by atoms with Crippen LogP contribution in [0.15, 0.2) is 24.4 Å². The Bertz CT molecular complexity index is 508. The first-order chi connectivity index (χ1) is 6.59. The Hall–Kier alpha value is -1.28. The summed E-state index contributed by atoms with van der Waals surface area (Å²) in [5.74, 6) is 0. The second kappa shape index (κ2) is 3.14. The zero-order chi connectivity index (χ0) is 10.3. The Morgan fingerprint density at radius 2 is 2.00 bits per heavy atom. The molecule has 0 aliphatic heterocycles. The molecule has 72 valence electrons. The summed E-state index contributed by atoms with van der Waals surface area (Å²) >= 11 is 6.02. The smallest absolute Gasteiger partial charge is 0.228 e. The lowest BCUT2D eigenvalue weighted by Gasteiger charge is -2.06. The number of pyridine rings is 1. The molecule has 3 heteroatoms. The molecule has 2 rings (SSSR count). The molecular weight excluding hydrogens is 198 g/mol. The van der Waals surface area contributed by atoms with Crippen LogP contribution in [0.5, 0.6) is 0 Å². The van der Waals surface area contributed by atoms with Gasteiger partial charge in [0.15, 0.2) is 6.20 Å². The van der Waals surface area contributed by atoms with E-state index >= 15 is 0 Å². The summed E-state index contributed by atoms with van der Waals surface area (Å²) in [6, 6.07) is 5.53. The number of fused-ring (bicyclic) bond motifs is 1. The van der Waals surface area contributed by atoms with Gasteiger partial charge in [-0.05, 0) is 31.5 Å². The van der Waals surface area contributed by atoms with E-state index in [2.05, 4.69) is 0 Å².